The van der Waals surface area contributed by atoms with Gasteiger partial charge in [-0.05, 0) is 39.1 Å². The van der Waals surface area contributed by atoms with Crippen LogP contribution in [0.25, 0.3) is 0 Å². The first-order valence-electron chi connectivity index (χ1n) is 6.43. The third-order valence-electron chi connectivity index (χ3n) is 3.18. The lowest BCUT2D eigenvalue weighted by molar-refractivity contribution is 0.313. The standard InChI is InChI=1S/C14H22N4/c1-13-14(12-17(3)15-13)11-16(2)7-6-10-18-8-4-5-9-18/h4-5,8-9,12H,6-7,10-11H2,1-3H3. The predicted octanol–water partition coefficient (Wildman–Crippen LogP) is 2.05. The van der Waals surface area contributed by atoms with Crippen molar-refractivity contribution >= 4 is 0 Å². The largest absolute Gasteiger partial charge is 0.354 e. The second-order valence-electron chi connectivity index (χ2n) is 4.93. The summed E-state index contributed by atoms with van der Waals surface area (Å²) >= 11 is 0. The lowest BCUT2D eigenvalue weighted by atomic mass is 10.2. The summed E-state index contributed by atoms with van der Waals surface area (Å²) in [4.78, 5) is 2.35. The van der Waals surface area contributed by atoms with E-state index in [1.807, 2.05) is 11.7 Å². The molecule has 0 aliphatic carbocycles. The SMILES string of the molecule is Cc1nn(C)cc1CN(C)CCCn1cccc1. The molecule has 0 N–H and O–H groups in total. The summed E-state index contributed by atoms with van der Waals surface area (Å²) in [6.07, 6.45) is 7.51. The Balaban J connectivity index is 1.75. The van der Waals surface area contributed by atoms with Gasteiger partial charge in [-0.25, -0.2) is 0 Å². The summed E-state index contributed by atoms with van der Waals surface area (Å²) < 4.78 is 4.11. The van der Waals surface area contributed by atoms with E-state index in [4.69, 9.17) is 0 Å². The van der Waals surface area contributed by atoms with Gasteiger partial charge in [0.25, 0.3) is 0 Å². The summed E-state index contributed by atoms with van der Waals surface area (Å²) in [5, 5.41) is 4.37. The molecule has 0 fully saturated rings. The molecular weight excluding hydrogens is 224 g/mol. The zero-order chi connectivity index (χ0) is 13.0. The van der Waals surface area contributed by atoms with Crippen LogP contribution in [-0.2, 0) is 20.1 Å². The van der Waals surface area contributed by atoms with E-state index in [2.05, 4.69) is 59.3 Å². The second-order valence-corrected chi connectivity index (χ2v) is 4.93. The third-order valence-corrected chi connectivity index (χ3v) is 3.18. The van der Waals surface area contributed by atoms with Crippen LogP contribution in [0.2, 0.25) is 0 Å². The van der Waals surface area contributed by atoms with Gasteiger partial charge in [-0.3, -0.25) is 4.68 Å². The Morgan fingerprint density at radius 1 is 1.28 bits per heavy atom. The van der Waals surface area contributed by atoms with E-state index in [9.17, 15) is 0 Å². The number of aromatic nitrogens is 3. The average molecular weight is 246 g/mol. The minimum Gasteiger partial charge on any atom is -0.354 e. The van der Waals surface area contributed by atoms with Crippen LogP contribution >= 0.6 is 0 Å². The summed E-state index contributed by atoms with van der Waals surface area (Å²) in [7, 11) is 4.14. The van der Waals surface area contributed by atoms with Crippen molar-refractivity contribution in [3.05, 3.63) is 42.0 Å². The molecule has 18 heavy (non-hydrogen) atoms. The molecule has 98 valence electrons. The number of rotatable bonds is 6. The maximum Gasteiger partial charge on any atom is 0.0638 e. The van der Waals surface area contributed by atoms with Crippen LogP contribution in [0.3, 0.4) is 0 Å². The fraction of sp³-hybridized carbons (Fsp3) is 0.500. The topological polar surface area (TPSA) is 26.0 Å². The Morgan fingerprint density at radius 2 is 2.00 bits per heavy atom. The molecule has 0 aliphatic rings. The predicted molar refractivity (Wildman–Crippen MR) is 73.3 cm³/mol. The minimum absolute atomic E-state index is 0.978. The lowest BCUT2D eigenvalue weighted by Crippen LogP contribution is -2.20. The van der Waals surface area contributed by atoms with Crippen LogP contribution in [0.15, 0.2) is 30.7 Å². The van der Waals surface area contributed by atoms with Crippen molar-refractivity contribution in [1.82, 2.24) is 19.2 Å². The lowest BCUT2D eigenvalue weighted by Gasteiger charge is -2.16. The summed E-state index contributed by atoms with van der Waals surface area (Å²) in [6, 6.07) is 4.14. The molecule has 2 heterocycles. The van der Waals surface area contributed by atoms with Crippen molar-refractivity contribution in [2.45, 2.75) is 26.4 Å². The number of hydrogen-bond donors (Lipinski definition) is 0. The van der Waals surface area contributed by atoms with Crippen LogP contribution < -0.4 is 0 Å². The molecule has 0 amide bonds. The highest BCUT2D eigenvalue weighted by atomic mass is 15.3. The maximum absolute atomic E-state index is 4.37. The first kappa shape index (κ1) is 12.9. The van der Waals surface area contributed by atoms with Gasteiger partial charge in [0.05, 0.1) is 5.69 Å². The molecule has 0 aliphatic heterocycles. The average Bonchev–Trinajstić information content (AvgIpc) is 2.90. The smallest absolute Gasteiger partial charge is 0.0638 e. The molecular formula is C14H22N4. The van der Waals surface area contributed by atoms with Crippen molar-refractivity contribution in [3.63, 3.8) is 0 Å². The first-order chi connectivity index (χ1) is 8.65. The van der Waals surface area contributed by atoms with Gasteiger partial charge in [0, 0.05) is 44.3 Å². The van der Waals surface area contributed by atoms with E-state index in [0.717, 1.165) is 25.3 Å². The first-order valence-corrected chi connectivity index (χ1v) is 6.43. The summed E-state index contributed by atoms with van der Waals surface area (Å²) in [5.74, 6) is 0. The minimum atomic E-state index is 0.978. The van der Waals surface area contributed by atoms with Crippen molar-refractivity contribution in [1.29, 1.82) is 0 Å². The fourth-order valence-electron chi connectivity index (χ4n) is 2.22. The molecule has 2 aromatic heterocycles. The van der Waals surface area contributed by atoms with Gasteiger partial charge in [0.15, 0.2) is 0 Å². The number of nitrogens with zero attached hydrogens (tertiary/aromatic N) is 4. The Bertz CT molecular complexity index is 470. The van der Waals surface area contributed by atoms with Crippen molar-refractivity contribution in [2.75, 3.05) is 13.6 Å². The Kier molecular flexibility index (Phi) is 4.20. The van der Waals surface area contributed by atoms with Crippen LogP contribution in [0.1, 0.15) is 17.7 Å². The molecule has 2 aromatic rings. The monoisotopic (exact) mass is 246 g/mol. The van der Waals surface area contributed by atoms with Crippen LogP contribution in [0.5, 0.6) is 0 Å². The van der Waals surface area contributed by atoms with Gasteiger partial charge in [-0.1, -0.05) is 0 Å². The van der Waals surface area contributed by atoms with E-state index in [1.54, 1.807) is 0 Å². The van der Waals surface area contributed by atoms with E-state index in [1.165, 1.54) is 12.0 Å². The zero-order valence-corrected chi connectivity index (χ0v) is 11.5. The molecule has 0 unspecified atom stereocenters. The molecule has 0 saturated carbocycles. The van der Waals surface area contributed by atoms with Crippen LogP contribution in [0.4, 0.5) is 0 Å². The van der Waals surface area contributed by atoms with E-state index >= 15 is 0 Å². The van der Waals surface area contributed by atoms with E-state index in [0.29, 0.717) is 0 Å². The van der Waals surface area contributed by atoms with Crippen molar-refractivity contribution < 1.29 is 0 Å². The highest BCUT2D eigenvalue weighted by Gasteiger charge is 2.06. The molecule has 0 bridgehead atoms. The Hall–Kier alpha value is -1.55. The van der Waals surface area contributed by atoms with Gasteiger partial charge >= 0.3 is 0 Å². The van der Waals surface area contributed by atoms with Gasteiger partial charge in [0.2, 0.25) is 0 Å². The maximum atomic E-state index is 4.37. The third kappa shape index (κ3) is 3.47. The van der Waals surface area contributed by atoms with Crippen molar-refractivity contribution in [2.24, 2.45) is 7.05 Å². The van der Waals surface area contributed by atoms with Crippen LogP contribution in [-0.4, -0.2) is 32.8 Å². The molecule has 0 atom stereocenters. The molecule has 0 radical (unpaired) electrons. The quantitative estimate of drug-likeness (QED) is 0.779. The normalized spacial score (nSPS) is 11.3. The van der Waals surface area contributed by atoms with E-state index < -0.39 is 0 Å². The highest BCUT2D eigenvalue weighted by molar-refractivity contribution is 5.14. The summed E-state index contributed by atoms with van der Waals surface area (Å²) in [6.45, 7) is 5.24. The van der Waals surface area contributed by atoms with Gasteiger partial charge in [-0.2, -0.15) is 5.10 Å². The van der Waals surface area contributed by atoms with Gasteiger partial charge in [0.1, 0.15) is 0 Å². The molecule has 2 rings (SSSR count). The fourth-order valence-corrected chi connectivity index (χ4v) is 2.22. The highest BCUT2D eigenvalue weighted by Crippen LogP contribution is 2.08. The van der Waals surface area contributed by atoms with Gasteiger partial charge < -0.3 is 9.47 Å². The molecule has 0 spiro atoms. The number of aryl methyl sites for hydroxylation is 3. The summed E-state index contributed by atoms with van der Waals surface area (Å²) in [5.41, 5.74) is 2.45. The Morgan fingerprint density at radius 3 is 2.61 bits per heavy atom. The number of hydrogen-bond acceptors (Lipinski definition) is 2. The van der Waals surface area contributed by atoms with E-state index in [-0.39, 0.29) is 0 Å². The zero-order valence-electron chi connectivity index (χ0n) is 11.5. The Labute approximate surface area is 109 Å². The second kappa shape index (κ2) is 5.87. The van der Waals surface area contributed by atoms with Crippen molar-refractivity contribution in [3.8, 4) is 0 Å². The molecule has 4 nitrogen and oxygen atoms in total. The van der Waals surface area contributed by atoms with Gasteiger partial charge in [-0.15, -0.1) is 0 Å². The molecule has 0 aromatic carbocycles. The molecule has 0 saturated heterocycles. The van der Waals surface area contributed by atoms with Crippen LogP contribution in [0, 0.1) is 6.92 Å². The molecule has 4 heteroatoms.